The highest BCUT2D eigenvalue weighted by atomic mass is 79.9. The van der Waals surface area contributed by atoms with Gasteiger partial charge in [0, 0.05) is 16.6 Å². The smallest absolute Gasteiger partial charge is 0.293 e. The third-order valence-corrected chi connectivity index (χ3v) is 4.13. The first-order chi connectivity index (χ1) is 8.60. The highest BCUT2D eigenvalue weighted by molar-refractivity contribution is 9.10. The number of nitro benzene ring substituents is 1. The average Bonchev–Trinajstić information content (AvgIpc) is 2.79. The molecule has 0 spiro atoms. The molecule has 98 valence electrons. The topological polar surface area (TPSA) is 55.2 Å². The lowest BCUT2D eigenvalue weighted by atomic mass is 10.1. The van der Waals surface area contributed by atoms with Crippen LogP contribution in [0.4, 0.5) is 11.4 Å². The van der Waals surface area contributed by atoms with Gasteiger partial charge in [-0.15, -0.1) is 0 Å². The predicted molar refractivity (Wildman–Crippen MR) is 75.8 cm³/mol. The van der Waals surface area contributed by atoms with Crippen molar-refractivity contribution in [1.29, 1.82) is 0 Å². The van der Waals surface area contributed by atoms with E-state index in [1.54, 1.807) is 12.1 Å². The van der Waals surface area contributed by atoms with Crippen LogP contribution in [0, 0.1) is 16.0 Å². The van der Waals surface area contributed by atoms with Gasteiger partial charge in [0.05, 0.1) is 4.92 Å². The van der Waals surface area contributed by atoms with E-state index in [0.29, 0.717) is 11.7 Å². The summed E-state index contributed by atoms with van der Waals surface area (Å²) >= 11 is 3.27. The fourth-order valence-electron chi connectivity index (χ4n) is 2.57. The molecule has 18 heavy (non-hydrogen) atoms. The van der Waals surface area contributed by atoms with Gasteiger partial charge in [0.15, 0.2) is 0 Å². The molecule has 4 nitrogen and oxygen atoms in total. The Labute approximate surface area is 115 Å². The number of hydrogen-bond donors (Lipinski definition) is 1. The number of anilines is 1. The highest BCUT2D eigenvalue weighted by Crippen LogP contribution is 2.34. The molecule has 1 aromatic carbocycles. The molecule has 2 atom stereocenters. The van der Waals surface area contributed by atoms with Crippen LogP contribution in [0.3, 0.4) is 0 Å². The van der Waals surface area contributed by atoms with Crippen molar-refractivity contribution >= 4 is 27.3 Å². The first-order valence-corrected chi connectivity index (χ1v) is 7.10. The molecule has 1 saturated carbocycles. The molecule has 0 heterocycles. The molecule has 1 fully saturated rings. The Kier molecular flexibility index (Phi) is 4.22. The summed E-state index contributed by atoms with van der Waals surface area (Å²) < 4.78 is 0.734. The largest absolute Gasteiger partial charge is 0.377 e. The number of rotatable bonds is 4. The number of benzene rings is 1. The second-order valence-electron chi connectivity index (χ2n) is 4.85. The van der Waals surface area contributed by atoms with Crippen LogP contribution < -0.4 is 5.32 Å². The Morgan fingerprint density at radius 1 is 1.50 bits per heavy atom. The molecular formula is C13H17BrN2O2. The molecule has 1 aliphatic carbocycles. The van der Waals surface area contributed by atoms with E-state index in [9.17, 15) is 10.1 Å². The van der Waals surface area contributed by atoms with Crippen molar-refractivity contribution in [3.05, 3.63) is 32.8 Å². The second-order valence-corrected chi connectivity index (χ2v) is 5.76. The summed E-state index contributed by atoms with van der Waals surface area (Å²) in [7, 11) is 0. The van der Waals surface area contributed by atoms with Gasteiger partial charge in [0.2, 0.25) is 0 Å². The quantitative estimate of drug-likeness (QED) is 0.664. The van der Waals surface area contributed by atoms with Crippen molar-refractivity contribution in [2.45, 2.75) is 38.6 Å². The SMILES string of the molecule is CCC1CCC(Nc2ccc(Br)cc2[N+](=O)[O-])C1. The van der Waals surface area contributed by atoms with E-state index in [-0.39, 0.29) is 10.6 Å². The van der Waals surface area contributed by atoms with Crippen molar-refractivity contribution in [3.63, 3.8) is 0 Å². The minimum atomic E-state index is -0.334. The van der Waals surface area contributed by atoms with Crippen molar-refractivity contribution in [2.24, 2.45) is 5.92 Å². The Balaban J connectivity index is 2.12. The predicted octanol–water partition coefficient (Wildman–Crippen LogP) is 4.35. The van der Waals surface area contributed by atoms with Crippen molar-refractivity contribution in [2.75, 3.05) is 5.32 Å². The molecule has 1 N–H and O–H groups in total. The summed E-state index contributed by atoms with van der Waals surface area (Å²) in [5, 5.41) is 14.3. The number of halogens is 1. The van der Waals surface area contributed by atoms with E-state index in [1.165, 1.54) is 12.8 Å². The molecule has 5 heteroatoms. The monoisotopic (exact) mass is 312 g/mol. The molecule has 0 aliphatic heterocycles. The third-order valence-electron chi connectivity index (χ3n) is 3.63. The van der Waals surface area contributed by atoms with E-state index >= 15 is 0 Å². The first-order valence-electron chi connectivity index (χ1n) is 6.30. The lowest BCUT2D eigenvalue weighted by molar-refractivity contribution is -0.384. The number of nitro groups is 1. The van der Waals surface area contributed by atoms with Gasteiger partial charge in [0.25, 0.3) is 5.69 Å². The maximum atomic E-state index is 11.0. The normalized spacial score (nSPS) is 23.0. The maximum Gasteiger partial charge on any atom is 0.293 e. The van der Waals surface area contributed by atoms with E-state index in [1.807, 2.05) is 6.07 Å². The molecular weight excluding hydrogens is 296 g/mol. The van der Waals surface area contributed by atoms with Crippen molar-refractivity contribution in [1.82, 2.24) is 0 Å². The first kappa shape index (κ1) is 13.3. The van der Waals surface area contributed by atoms with Gasteiger partial charge in [-0.25, -0.2) is 0 Å². The van der Waals surface area contributed by atoms with Crippen molar-refractivity contribution in [3.8, 4) is 0 Å². The molecule has 1 aliphatic rings. The van der Waals surface area contributed by atoms with Gasteiger partial charge in [0.1, 0.15) is 5.69 Å². The Bertz CT molecular complexity index is 451. The van der Waals surface area contributed by atoms with E-state index in [2.05, 4.69) is 28.2 Å². The second kappa shape index (κ2) is 5.69. The summed E-state index contributed by atoms with van der Waals surface area (Å²) in [6.07, 6.45) is 4.63. The summed E-state index contributed by atoms with van der Waals surface area (Å²) in [4.78, 5) is 10.7. The molecule has 2 unspecified atom stereocenters. The Hall–Kier alpha value is -1.10. The van der Waals surface area contributed by atoms with Crippen LogP contribution in [0.25, 0.3) is 0 Å². The number of nitrogens with one attached hydrogen (secondary N) is 1. The minimum absolute atomic E-state index is 0.143. The zero-order chi connectivity index (χ0) is 13.1. The summed E-state index contributed by atoms with van der Waals surface area (Å²) in [5.41, 5.74) is 0.772. The van der Waals surface area contributed by atoms with Crippen LogP contribution in [-0.4, -0.2) is 11.0 Å². The van der Waals surface area contributed by atoms with Crippen LogP contribution in [0.5, 0.6) is 0 Å². The third kappa shape index (κ3) is 3.02. The van der Waals surface area contributed by atoms with Crippen LogP contribution in [0.2, 0.25) is 0 Å². The maximum absolute atomic E-state index is 11.0. The standard InChI is InChI=1S/C13H17BrN2O2/c1-2-9-3-5-11(7-9)15-12-6-4-10(14)8-13(12)16(17)18/h4,6,8-9,11,15H,2-3,5,7H2,1H3. The average molecular weight is 313 g/mol. The molecule has 2 rings (SSSR count). The molecule has 0 bridgehead atoms. The molecule has 0 amide bonds. The van der Waals surface area contributed by atoms with E-state index in [4.69, 9.17) is 0 Å². The van der Waals surface area contributed by atoms with Gasteiger partial charge in [-0.3, -0.25) is 10.1 Å². The minimum Gasteiger partial charge on any atom is -0.377 e. The van der Waals surface area contributed by atoms with Crippen LogP contribution >= 0.6 is 15.9 Å². The van der Waals surface area contributed by atoms with Gasteiger partial charge in [-0.2, -0.15) is 0 Å². The number of hydrogen-bond acceptors (Lipinski definition) is 3. The summed E-state index contributed by atoms with van der Waals surface area (Å²) in [5.74, 6) is 0.761. The Morgan fingerprint density at radius 2 is 2.28 bits per heavy atom. The lowest BCUT2D eigenvalue weighted by Crippen LogP contribution is -2.16. The van der Waals surface area contributed by atoms with E-state index < -0.39 is 0 Å². The van der Waals surface area contributed by atoms with Crippen LogP contribution in [0.15, 0.2) is 22.7 Å². The fraction of sp³-hybridized carbons (Fsp3) is 0.538. The van der Waals surface area contributed by atoms with Gasteiger partial charge >= 0.3 is 0 Å². The van der Waals surface area contributed by atoms with Gasteiger partial charge < -0.3 is 5.32 Å². The molecule has 0 aromatic heterocycles. The zero-order valence-corrected chi connectivity index (χ0v) is 11.9. The van der Waals surface area contributed by atoms with Crippen LogP contribution in [-0.2, 0) is 0 Å². The molecule has 0 saturated heterocycles. The summed E-state index contributed by atoms with van der Waals surface area (Å²) in [6.45, 7) is 2.20. The zero-order valence-electron chi connectivity index (χ0n) is 10.4. The molecule has 0 radical (unpaired) electrons. The summed E-state index contributed by atoms with van der Waals surface area (Å²) in [6, 6.07) is 5.53. The Morgan fingerprint density at radius 3 is 2.89 bits per heavy atom. The van der Waals surface area contributed by atoms with Crippen molar-refractivity contribution < 1.29 is 4.92 Å². The van der Waals surface area contributed by atoms with E-state index in [0.717, 1.165) is 23.2 Å². The van der Waals surface area contributed by atoms with Crippen LogP contribution in [0.1, 0.15) is 32.6 Å². The highest BCUT2D eigenvalue weighted by Gasteiger charge is 2.25. The lowest BCUT2D eigenvalue weighted by Gasteiger charge is -2.14. The van der Waals surface area contributed by atoms with Gasteiger partial charge in [-0.05, 0) is 37.3 Å². The molecule has 1 aromatic rings. The fourth-order valence-corrected chi connectivity index (χ4v) is 2.92. The number of nitrogens with zero attached hydrogens (tertiary/aromatic N) is 1. The van der Waals surface area contributed by atoms with Gasteiger partial charge in [-0.1, -0.05) is 29.3 Å².